The van der Waals surface area contributed by atoms with E-state index >= 15 is 0 Å². The first-order valence-electron chi connectivity index (χ1n) is 6.73. The lowest BCUT2D eigenvalue weighted by Crippen LogP contribution is -2.01. The number of aliphatic imine (C=N–C) groups is 1. The molecule has 2 heterocycles. The van der Waals surface area contributed by atoms with E-state index in [1.165, 1.54) is 0 Å². The molecule has 1 aromatic carbocycles. The molecule has 0 atom stereocenters. The molecule has 0 spiro atoms. The maximum absolute atomic E-state index is 11.9. The van der Waals surface area contributed by atoms with E-state index in [-0.39, 0.29) is 11.6 Å². The molecular weight excluding hydrogens is 353 g/mol. The second-order valence-corrected chi connectivity index (χ2v) is 6.63. The van der Waals surface area contributed by atoms with Crippen LogP contribution in [-0.4, -0.2) is 11.9 Å². The molecule has 3 nitrogen and oxygen atoms in total. The molecule has 6 heteroatoms. The maximum atomic E-state index is 11.9. The van der Waals surface area contributed by atoms with Crippen molar-refractivity contribution in [2.75, 3.05) is 0 Å². The molecule has 0 bridgehead atoms. The third kappa shape index (κ3) is 3.72. The van der Waals surface area contributed by atoms with Gasteiger partial charge >= 0.3 is 5.97 Å². The lowest BCUT2D eigenvalue weighted by atomic mass is 10.2. The van der Waals surface area contributed by atoms with Crippen LogP contribution in [0.25, 0.3) is 12.2 Å². The molecule has 1 aliphatic rings. The van der Waals surface area contributed by atoms with Gasteiger partial charge in [0.1, 0.15) is 0 Å². The average Bonchev–Trinajstić information content (AvgIpc) is 3.05. The molecule has 0 saturated heterocycles. The zero-order valence-electron chi connectivity index (χ0n) is 12.0. The third-order valence-corrected chi connectivity index (χ3v) is 4.70. The first-order valence-corrected chi connectivity index (χ1v) is 8.36. The summed E-state index contributed by atoms with van der Waals surface area (Å²) < 4.78 is 5.14. The van der Waals surface area contributed by atoms with Gasteiger partial charge in [0.15, 0.2) is 5.70 Å². The SMILES string of the molecule is Cc1ccsc1C=C1N=C(C=Cc2ccc(Cl)cc2Cl)OC1=O. The van der Waals surface area contributed by atoms with Crippen LogP contribution < -0.4 is 0 Å². The number of carbonyl (C=O) groups excluding carboxylic acids is 1. The topological polar surface area (TPSA) is 38.7 Å². The summed E-state index contributed by atoms with van der Waals surface area (Å²) >= 11 is 13.5. The Bertz CT molecular complexity index is 865. The first-order chi connectivity index (χ1) is 11.0. The molecule has 116 valence electrons. The van der Waals surface area contributed by atoms with Crippen LogP contribution >= 0.6 is 34.5 Å². The van der Waals surface area contributed by atoms with Crippen molar-refractivity contribution in [2.45, 2.75) is 6.92 Å². The van der Waals surface area contributed by atoms with E-state index in [2.05, 4.69) is 4.99 Å². The highest BCUT2D eigenvalue weighted by Gasteiger charge is 2.21. The van der Waals surface area contributed by atoms with Gasteiger partial charge in [0.05, 0.1) is 0 Å². The summed E-state index contributed by atoms with van der Waals surface area (Å²) in [5.41, 5.74) is 2.15. The Balaban J connectivity index is 1.83. The number of cyclic esters (lactones) is 1. The average molecular weight is 364 g/mol. The summed E-state index contributed by atoms with van der Waals surface area (Å²) in [4.78, 5) is 17.1. The normalized spacial score (nSPS) is 16.2. The lowest BCUT2D eigenvalue weighted by Gasteiger charge is -1.98. The summed E-state index contributed by atoms with van der Waals surface area (Å²) in [5.74, 6) is -0.221. The van der Waals surface area contributed by atoms with Crippen LogP contribution in [0, 0.1) is 6.92 Å². The Morgan fingerprint density at radius 2 is 2.04 bits per heavy atom. The van der Waals surface area contributed by atoms with Crippen LogP contribution in [0.5, 0.6) is 0 Å². The molecular formula is C17H11Cl2NO2S. The fourth-order valence-corrected chi connectivity index (χ4v) is 3.28. The van der Waals surface area contributed by atoms with Crippen molar-refractivity contribution in [1.82, 2.24) is 0 Å². The smallest absolute Gasteiger partial charge is 0.363 e. The van der Waals surface area contributed by atoms with Gasteiger partial charge in [-0.25, -0.2) is 9.79 Å². The first kappa shape index (κ1) is 16.0. The van der Waals surface area contributed by atoms with E-state index in [0.29, 0.717) is 10.0 Å². The van der Waals surface area contributed by atoms with Crippen molar-refractivity contribution in [3.63, 3.8) is 0 Å². The number of carbonyl (C=O) groups is 1. The van der Waals surface area contributed by atoms with Crippen LogP contribution in [0.1, 0.15) is 16.0 Å². The van der Waals surface area contributed by atoms with E-state index < -0.39 is 5.97 Å². The van der Waals surface area contributed by atoms with Gasteiger partial charge in [0.2, 0.25) is 5.90 Å². The van der Waals surface area contributed by atoms with Crippen LogP contribution in [0.2, 0.25) is 10.0 Å². The minimum atomic E-state index is -0.459. The van der Waals surface area contributed by atoms with Crippen LogP contribution in [0.3, 0.4) is 0 Å². The standard InChI is InChI=1S/C17H11Cl2NO2S/c1-10-6-7-23-15(10)9-14-17(21)22-16(20-14)5-3-11-2-4-12(18)8-13(11)19/h2-9H,1H3. The molecule has 0 radical (unpaired) electrons. The molecule has 0 saturated carbocycles. The quantitative estimate of drug-likeness (QED) is 0.542. The van der Waals surface area contributed by atoms with Gasteiger partial charge in [-0.3, -0.25) is 0 Å². The second-order valence-electron chi connectivity index (χ2n) is 4.84. The number of rotatable bonds is 3. The molecule has 1 aliphatic heterocycles. The Morgan fingerprint density at radius 1 is 1.22 bits per heavy atom. The molecule has 1 aromatic heterocycles. The number of ether oxygens (including phenoxy) is 1. The number of esters is 1. The van der Waals surface area contributed by atoms with Gasteiger partial charge in [0, 0.05) is 21.0 Å². The number of thiophene rings is 1. The third-order valence-electron chi connectivity index (χ3n) is 3.17. The molecule has 0 aliphatic carbocycles. The van der Waals surface area contributed by atoms with E-state index in [1.807, 2.05) is 18.4 Å². The zero-order chi connectivity index (χ0) is 16.4. The second kappa shape index (κ2) is 6.71. The highest BCUT2D eigenvalue weighted by atomic mass is 35.5. The molecule has 23 heavy (non-hydrogen) atoms. The predicted molar refractivity (Wildman–Crippen MR) is 96.1 cm³/mol. The fourth-order valence-electron chi connectivity index (χ4n) is 1.95. The minimum Gasteiger partial charge on any atom is -0.403 e. The van der Waals surface area contributed by atoms with Crippen LogP contribution in [0.4, 0.5) is 0 Å². The van der Waals surface area contributed by atoms with Crippen molar-refractivity contribution < 1.29 is 9.53 Å². The Morgan fingerprint density at radius 3 is 2.74 bits per heavy atom. The summed E-state index contributed by atoms with van der Waals surface area (Å²) in [6.45, 7) is 1.98. The number of hydrogen-bond acceptors (Lipinski definition) is 4. The number of hydrogen-bond donors (Lipinski definition) is 0. The van der Waals surface area contributed by atoms with E-state index in [4.69, 9.17) is 27.9 Å². The van der Waals surface area contributed by atoms with Gasteiger partial charge in [-0.05, 0) is 53.8 Å². The van der Waals surface area contributed by atoms with Crippen molar-refractivity contribution in [3.8, 4) is 0 Å². The zero-order valence-corrected chi connectivity index (χ0v) is 14.4. The van der Waals surface area contributed by atoms with Gasteiger partial charge in [-0.1, -0.05) is 29.3 Å². The number of benzene rings is 1. The molecule has 0 unspecified atom stereocenters. The monoisotopic (exact) mass is 363 g/mol. The molecule has 0 N–H and O–H groups in total. The van der Waals surface area contributed by atoms with Crippen molar-refractivity contribution in [2.24, 2.45) is 4.99 Å². The van der Waals surface area contributed by atoms with Crippen molar-refractivity contribution in [3.05, 3.63) is 67.5 Å². The van der Waals surface area contributed by atoms with Gasteiger partial charge in [0.25, 0.3) is 0 Å². The molecule has 0 fully saturated rings. The van der Waals surface area contributed by atoms with Gasteiger partial charge in [-0.15, -0.1) is 11.3 Å². The number of nitrogens with zero attached hydrogens (tertiary/aromatic N) is 1. The largest absolute Gasteiger partial charge is 0.403 e. The summed E-state index contributed by atoms with van der Waals surface area (Å²) in [5, 5.41) is 3.05. The molecule has 0 amide bonds. The lowest BCUT2D eigenvalue weighted by molar-refractivity contribution is -0.129. The number of aryl methyl sites for hydroxylation is 1. The van der Waals surface area contributed by atoms with Crippen molar-refractivity contribution in [1.29, 1.82) is 0 Å². The molecule has 2 aromatic rings. The minimum absolute atomic E-state index is 0.237. The van der Waals surface area contributed by atoms with Gasteiger partial charge in [-0.2, -0.15) is 0 Å². The predicted octanol–water partition coefficient (Wildman–Crippen LogP) is 5.37. The summed E-state index contributed by atoms with van der Waals surface area (Å²) in [6.07, 6.45) is 5.07. The summed E-state index contributed by atoms with van der Waals surface area (Å²) in [7, 11) is 0. The highest BCUT2D eigenvalue weighted by Crippen LogP contribution is 2.24. The Labute approximate surface area is 147 Å². The van der Waals surface area contributed by atoms with E-state index in [9.17, 15) is 4.79 Å². The Kier molecular flexibility index (Phi) is 4.66. The fraction of sp³-hybridized carbons (Fsp3) is 0.0588. The van der Waals surface area contributed by atoms with E-state index in [1.54, 1.807) is 47.8 Å². The van der Waals surface area contributed by atoms with Crippen molar-refractivity contribution >= 4 is 58.6 Å². The van der Waals surface area contributed by atoms with Crippen LogP contribution in [-0.2, 0) is 9.53 Å². The summed E-state index contributed by atoms with van der Waals surface area (Å²) in [6, 6.07) is 7.16. The Hall–Kier alpha value is -1.88. The maximum Gasteiger partial charge on any atom is 0.363 e. The number of halogens is 2. The van der Waals surface area contributed by atoms with E-state index in [0.717, 1.165) is 16.0 Å². The van der Waals surface area contributed by atoms with Crippen LogP contribution in [0.15, 0.2) is 46.4 Å². The van der Waals surface area contributed by atoms with Gasteiger partial charge < -0.3 is 4.74 Å². The highest BCUT2D eigenvalue weighted by molar-refractivity contribution is 7.11. The molecule has 3 rings (SSSR count).